The lowest BCUT2D eigenvalue weighted by Gasteiger charge is -2.34. The zero-order chi connectivity index (χ0) is 26.9. The van der Waals surface area contributed by atoms with Gasteiger partial charge in [0.2, 0.25) is 0 Å². The Morgan fingerprint density at radius 1 is 0.833 bits per heavy atom. The Hall–Kier alpha value is -2.54. The fourth-order valence-electron chi connectivity index (χ4n) is 3.24. The summed E-state index contributed by atoms with van der Waals surface area (Å²) in [7, 11) is -8.04. The molecular formula is C24H30ClN3O6S2. The van der Waals surface area contributed by atoms with Crippen LogP contribution in [0.15, 0.2) is 76.7 Å². The number of nitrogens with two attached hydrogens (primary N) is 1. The quantitative estimate of drug-likeness (QED) is 0.313. The first kappa shape index (κ1) is 29.7. The number of hydrogen-bond acceptors (Lipinski definition) is 7. The first-order valence-electron chi connectivity index (χ1n) is 11.0. The van der Waals surface area contributed by atoms with Gasteiger partial charge in [0.1, 0.15) is 5.15 Å². The average molecular weight is 556 g/mol. The lowest BCUT2D eigenvalue weighted by Crippen LogP contribution is -2.45. The minimum atomic E-state index is -4.02. The van der Waals surface area contributed by atoms with Gasteiger partial charge in [0.15, 0.2) is 0 Å². The van der Waals surface area contributed by atoms with Crippen LogP contribution in [0.3, 0.4) is 0 Å². The first-order valence-corrected chi connectivity index (χ1v) is 14.3. The minimum absolute atomic E-state index is 0.0666. The van der Waals surface area contributed by atoms with Gasteiger partial charge in [-0.2, -0.15) is 16.8 Å². The molecule has 1 aliphatic rings. The van der Waals surface area contributed by atoms with E-state index in [-0.39, 0.29) is 16.0 Å². The molecule has 0 saturated carbocycles. The molecule has 1 unspecified atom stereocenters. The zero-order valence-corrected chi connectivity index (χ0v) is 22.3. The number of hydrogen-bond donors (Lipinski definition) is 3. The monoisotopic (exact) mass is 555 g/mol. The number of rotatable bonds is 3. The molecule has 4 N–H and O–H groups in total. The maximum Gasteiger partial charge on any atom is 0.294 e. The van der Waals surface area contributed by atoms with Crippen LogP contribution >= 0.6 is 11.6 Å². The molecule has 2 aromatic carbocycles. The highest BCUT2D eigenvalue weighted by Crippen LogP contribution is 2.22. The second-order valence-corrected chi connectivity index (χ2v) is 11.4. The summed E-state index contributed by atoms with van der Waals surface area (Å²) in [5.41, 5.74) is 9.00. The molecule has 1 saturated heterocycles. The molecule has 0 bridgehead atoms. The second kappa shape index (κ2) is 13.1. The van der Waals surface area contributed by atoms with E-state index in [0.717, 1.165) is 29.8 Å². The molecule has 12 heteroatoms. The van der Waals surface area contributed by atoms with Crippen molar-refractivity contribution in [3.8, 4) is 0 Å². The number of aromatic nitrogens is 1. The standard InChI is InChI=1S/C10H14ClN3.2C7H8O3S/c11-9-5-4-8(7-13-9)14-6-2-1-3-10(14)12;2*1-6-2-4-7(5-3-6)11(8,9)10/h4-5,7,10H,1-3,6,12H2;2*2-5H,1H3,(H,8,9,10). The largest absolute Gasteiger partial charge is 0.355 e. The van der Waals surface area contributed by atoms with Gasteiger partial charge in [-0.1, -0.05) is 47.0 Å². The Labute approximate surface area is 217 Å². The van der Waals surface area contributed by atoms with Crippen molar-refractivity contribution >= 4 is 37.5 Å². The highest BCUT2D eigenvalue weighted by atomic mass is 35.5. The Bertz CT molecular complexity index is 1240. The summed E-state index contributed by atoms with van der Waals surface area (Å²) in [6.07, 6.45) is 5.40. The number of halogens is 1. The molecule has 1 atom stereocenters. The molecule has 9 nitrogen and oxygen atoms in total. The summed E-state index contributed by atoms with van der Waals surface area (Å²) >= 11 is 5.73. The summed E-state index contributed by atoms with van der Waals surface area (Å²) < 4.78 is 59.1. The van der Waals surface area contributed by atoms with E-state index in [1.807, 2.05) is 19.9 Å². The second-order valence-electron chi connectivity index (χ2n) is 8.17. The molecule has 4 rings (SSSR count). The number of pyridine rings is 1. The molecule has 3 aromatic rings. The number of anilines is 1. The van der Waals surface area contributed by atoms with Gasteiger partial charge in [-0.3, -0.25) is 9.11 Å². The van der Waals surface area contributed by atoms with Crippen molar-refractivity contribution < 1.29 is 25.9 Å². The molecule has 196 valence electrons. The first-order chi connectivity index (χ1) is 16.8. The van der Waals surface area contributed by atoms with Crippen LogP contribution in [0.4, 0.5) is 5.69 Å². The van der Waals surface area contributed by atoms with Gasteiger partial charge in [0.25, 0.3) is 20.2 Å². The normalized spacial score (nSPS) is 15.7. The van der Waals surface area contributed by atoms with Crippen LogP contribution in [0.25, 0.3) is 0 Å². The topological polar surface area (TPSA) is 151 Å². The smallest absolute Gasteiger partial charge is 0.294 e. The van der Waals surface area contributed by atoms with Gasteiger partial charge in [-0.15, -0.1) is 0 Å². The van der Waals surface area contributed by atoms with Crippen molar-refractivity contribution in [3.05, 3.63) is 83.1 Å². The summed E-state index contributed by atoms with van der Waals surface area (Å²) in [6, 6.07) is 15.8. The number of aryl methyl sites for hydroxylation is 2. The van der Waals surface area contributed by atoms with Crippen molar-refractivity contribution in [3.63, 3.8) is 0 Å². The van der Waals surface area contributed by atoms with Gasteiger partial charge in [-0.25, -0.2) is 4.98 Å². The van der Waals surface area contributed by atoms with Gasteiger partial charge < -0.3 is 10.6 Å². The van der Waals surface area contributed by atoms with Crippen LogP contribution in [0.1, 0.15) is 30.4 Å². The molecule has 0 radical (unpaired) electrons. The lowest BCUT2D eigenvalue weighted by atomic mass is 10.1. The maximum absolute atomic E-state index is 10.5. The summed E-state index contributed by atoms with van der Waals surface area (Å²) in [5.74, 6) is 0. The molecule has 36 heavy (non-hydrogen) atoms. The molecule has 0 amide bonds. The highest BCUT2D eigenvalue weighted by Gasteiger charge is 2.18. The molecule has 0 spiro atoms. The van der Waals surface area contributed by atoms with Gasteiger partial charge in [0.05, 0.1) is 27.8 Å². The van der Waals surface area contributed by atoms with Crippen LogP contribution in [-0.4, -0.2) is 43.6 Å². The Kier molecular flexibility index (Phi) is 10.8. The summed E-state index contributed by atoms with van der Waals surface area (Å²) in [4.78, 5) is 6.11. The van der Waals surface area contributed by atoms with Crippen LogP contribution < -0.4 is 10.6 Å². The summed E-state index contributed by atoms with van der Waals surface area (Å²) in [5, 5.41) is 0.527. The van der Waals surface area contributed by atoms with Crippen LogP contribution in [0.5, 0.6) is 0 Å². The zero-order valence-electron chi connectivity index (χ0n) is 20.0. The van der Waals surface area contributed by atoms with Crippen LogP contribution in [0.2, 0.25) is 5.15 Å². The van der Waals surface area contributed by atoms with E-state index in [4.69, 9.17) is 26.4 Å². The highest BCUT2D eigenvalue weighted by molar-refractivity contribution is 7.86. The van der Waals surface area contributed by atoms with E-state index in [9.17, 15) is 16.8 Å². The predicted octanol–water partition coefficient (Wildman–Crippen LogP) is 4.49. The van der Waals surface area contributed by atoms with E-state index in [1.54, 1.807) is 36.5 Å². The fourth-order valence-corrected chi connectivity index (χ4v) is 4.31. The Morgan fingerprint density at radius 3 is 1.67 bits per heavy atom. The number of nitrogens with zero attached hydrogens (tertiary/aromatic N) is 2. The average Bonchev–Trinajstić information content (AvgIpc) is 2.80. The van der Waals surface area contributed by atoms with Crippen molar-refractivity contribution in [2.24, 2.45) is 5.73 Å². The third-order valence-corrected chi connectivity index (χ3v) is 7.19. The van der Waals surface area contributed by atoms with E-state index < -0.39 is 20.2 Å². The van der Waals surface area contributed by atoms with E-state index in [1.165, 1.54) is 37.1 Å². The van der Waals surface area contributed by atoms with E-state index in [0.29, 0.717) is 5.15 Å². The summed E-state index contributed by atoms with van der Waals surface area (Å²) in [6.45, 7) is 4.70. The van der Waals surface area contributed by atoms with Crippen molar-refractivity contribution in [1.29, 1.82) is 0 Å². The lowest BCUT2D eigenvalue weighted by molar-refractivity contribution is 0.470. The van der Waals surface area contributed by atoms with Crippen LogP contribution in [0, 0.1) is 13.8 Å². The maximum atomic E-state index is 10.5. The van der Waals surface area contributed by atoms with Crippen molar-refractivity contribution in [1.82, 2.24) is 4.98 Å². The molecule has 0 aliphatic carbocycles. The predicted molar refractivity (Wildman–Crippen MR) is 140 cm³/mol. The Balaban J connectivity index is 0.000000193. The molecule has 1 fully saturated rings. The molecule has 1 aliphatic heterocycles. The number of piperidine rings is 1. The fraction of sp³-hybridized carbons (Fsp3) is 0.292. The van der Waals surface area contributed by atoms with Crippen molar-refractivity contribution in [2.75, 3.05) is 11.4 Å². The van der Waals surface area contributed by atoms with Gasteiger partial charge in [0, 0.05) is 6.54 Å². The molecule has 2 heterocycles. The van der Waals surface area contributed by atoms with Gasteiger partial charge >= 0.3 is 0 Å². The van der Waals surface area contributed by atoms with Crippen LogP contribution in [-0.2, 0) is 20.2 Å². The Morgan fingerprint density at radius 2 is 1.31 bits per heavy atom. The van der Waals surface area contributed by atoms with Crippen molar-refractivity contribution in [2.45, 2.75) is 49.1 Å². The van der Waals surface area contributed by atoms with E-state index >= 15 is 0 Å². The van der Waals surface area contributed by atoms with Gasteiger partial charge in [-0.05, 0) is 69.5 Å². The molecular weight excluding hydrogens is 526 g/mol. The third-order valence-electron chi connectivity index (χ3n) is 5.23. The molecule has 1 aromatic heterocycles. The number of benzene rings is 2. The third kappa shape index (κ3) is 9.84. The SMILES string of the molecule is Cc1ccc(S(=O)(=O)O)cc1.Cc1ccc(S(=O)(=O)O)cc1.NC1CCCCN1c1ccc(Cl)nc1. The van der Waals surface area contributed by atoms with E-state index in [2.05, 4.69) is 9.88 Å². The minimum Gasteiger partial charge on any atom is -0.355 e.